The number of carbonyl (C=O) groups is 2. The van der Waals surface area contributed by atoms with Crippen LogP contribution < -0.4 is 15.4 Å². The Bertz CT molecular complexity index is 1410. The van der Waals surface area contributed by atoms with E-state index in [1.165, 1.54) is 17.7 Å². The molecule has 0 spiro atoms. The summed E-state index contributed by atoms with van der Waals surface area (Å²) in [7, 11) is -4.01. The van der Waals surface area contributed by atoms with E-state index in [9.17, 15) is 18.0 Å². The van der Waals surface area contributed by atoms with Gasteiger partial charge in [0.15, 0.2) is 0 Å². The summed E-state index contributed by atoms with van der Waals surface area (Å²) in [5.41, 5.74) is 3.74. The van der Waals surface area contributed by atoms with Crippen molar-refractivity contribution in [3.63, 3.8) is 0 Å². The van der Waals surface area contributed by atoms with Crippen LogP contribution in [0.5, 0.6) is 0 Å². The number of halogens is 1. The molecule has 4 rings (SSSR count). The van der Waals surface area contributed by atoms with Gasteiger partial charge in [-0.15, -0.1) is 0 Å². The van der Waals surface area contributed by atoms with Crippen molar-refractivity contribution in [3.8, 4) is 0 Å². The number of hydrogen-bond acceptors (Lipinski definition) is 7. The van der Waals surface area contributed by atoms with Gasteiger partial charge < -0.3 is 15.4 Å². The van der Waals surface area contributed by atoms with E-state index in [0.29, 0.717) is 5.56 Å². The molecule has 0 fully saturated rings. The Morgan fingerprint density at radius 1 is 1.05 bits per heavy atom. The van der Waals surface area contributed by atoms with Crippen LogP contribution in [0.1, 0.15) is 40.5 Å². The Morgan fingerprint density at radius 3 is 2.51 bits per heavy atom. The number of esters is 1. The zero-order chi connectivity index (χ0) is 27.8. The highest BCUT2D eigenvalue weighted by atomic mass is 127. The van der Waals surface area contributed by atoms with Gasteiger partial charge in [0.1, 0.15) is 11.9 Å². The van der Waals surface area contributed by atoms with Crippen LogP contribution in [-0.2, 0) is 38.8 Å². The van der Waals surface area contributed by atoms with Crippen LogP contribution >= 0.6 is 22.6 Å². The van der Waals surface area contributed by atoms with Crippen molar-refractivity contribution >= 4 is 50.3 Å². The fraction of sp³-hybridized carbons (Fsp3) is 0.321. The molecular weight excluding hydrogens is 631 g/mol. The van der Waals surface area contributed by atoms with Crippen LogP contribution in [0.2, 0.25) is 0 Å². The monoisotopic (exact) mass is 662 g/mol. The number of carbonyl (C=O) groups excluding carboxylic acids is 2. The molecule has 39 heavy (non-hydrogen) atoms. The zero-order valence-corrected chi connectivity index (χ0v) is 24.5. The number of pyridine rings is 1. The lowest BCUT2D eigenvalue weighted by Crippen LogP contribution is -2.49. The lowest BCUT2D eigenvalue weighted by Gasteiger charge is -2.18. The predicted molar refractivity (Wildman–Crippen MR) is 157 cm³/mol. The maximum absolute atomic E-state index is 12.8. The Morgan fingerprint density at radius 2 is 1.79 bits per heavy atom. The van der Waals surface area contributed by atoms with Gasteiger partial charge in [0.25, 0.3) is 5.91 Å². The first-order valence-corrected chi connectivity index (χ1v) is 15.4. The van der Waals surface area contributed by atoms with Gasteiger partial charge >= 0.3 is 5.97 Å². The summed E-state index contributed by atoms with van der Waals surface area (Å²) < 4.78 is 33.9. The van der Waals surface area contributed by atoms with Crippen LogP contribution in [0, 0.1) is 3.57 Å². The van der Waals surface area contributed by atoms with E-state index in [-0.39, 0.29) is 18.0 Å². The number of anilines is 1. The fourth-order valence-electron chi connectivity index (χ4n) is 4.19. The minimum atomic E-state index is -4.01. The highest BCUT2D eigenvalue weighted by Crippen LogP contribution is 2.20. The van der Waals surface area contributed by atoms with Crippen molar-refractivity contribution in [2.45, 2.75) is 43.5 Å². The van der Waals surface area contributed by atoms with Gasteiger partial charge in [0, 0.05) is 27.9 Å². The predicted octanol–water partition coefficient (Wildman–Crippen LogP) is 3.47. The lowest BCUT2D eigenvalue weighted by atomic mass is 10.0. The number of sulfonamides is 1. The largest absolute Gasteiger partial charge is 0.465 e. The second kappa shape index (κ2) is 13.4. The van der Waals surface area contributed by atoms with Crippen LogP contribution in [-0.4, -0.2) is 51.0 Å². The highest BCUT2D eigenvalue weighted by Gasteiger charge is 2.27. The van der Waals surface area contributed by atoms with Gasteiger partial charge in [-0.2, -0.15) is 4.72 Å². The van der Waals surface area contributed by atoms with Crippen LogP contribution in [0.4, 0.5) is 5.82 Å². The Balaban J connectivity index is 1.34. The second-order valence-electron chi connectivity index (χ2n) is 9.13. The SMILES string of the molecule is CCOC(=O)[C@H](CNC(=O)c1ccc(CCc2ccc3c(n2)NCCC3)cc1)NS(=O)(=O)c1ccc(I)cc1. The third-order valence-electron chi connectivity index (χ3n) is 6.30. The third kappa shape index (κ3) is 7.99. The average molecular weight is 663 g/mol. The summed E-state index contributed by atoms with van der Waals surface area (Å²) in [6.07, 6.45) is 3.74. The molecule has 1 aliphatic heterocycles. The van der Waals surface area contributed by atoms with Crippen molar-refractivity contribution in [1.29, 1.82) is 0 Å². The quantitative estimate of drug-likeness (QED) is 0.212. The van der Waals surface area contributed by atoms with Gasteiger partial charge in [0.2, 0.25) is 10.0 Å². The first-order chi connectivity index (χ1) is 18.7. The van der Waals surface area contributed by atoms with E-state index in [1.807, 2.05) is 12.1 Å². The van der Waals surface area contributed by atoms with Crippen molar-refractivity contribution in [2.24, 2.45) is 0 Å². The number of aryl methyl sites for hydroxylation is 3. The first-order valence-electron chi connectivity index (χ1n) is 12.8. The molecular formula is C28H31IN4O5S. The van der Waals surface area contributed by atoms with Crippen LogP contribution in [0.3, 0.4) is 0 Å². The maximum Gasteiger partial charge on any atom is 0.326 e. The normalized spacial score (nSPS) is 13.6. The lowest BCUT2D eigenvalue weighted by molar-refractivity contribution is -0.144. The number of amides is 1. The summed E-state index contributed by atoms with van der Waals surface area (Å²) >= 11 is 2.07. The number of ether oxygens (including phenoxy) is 1. The number of nitrogens with zero attached hydrogens (tertiary/aromatic N) is 1. The molecule has 11 heteroatoms. The van der Waals surface area contributed by atoms with Gasteiger partial charge in [0.05, 0.1) is 11.5 Å². The maximum atomic E-state index is 12.8. The van der Waals surface area contributed by atoms with E-state index in [4.69, 9.17) is 9.72 Å². The minimum absolute atomic E-state index is 0.0148. The minimum Gasteiger partial charge on any atom is -0.465 e. The van der Waals surface area contributed by atoms with Crippen molar-refractivity contribution in [1.82, 2.24) is 15.0 Å². The molecule has 0 saturated heterocycles. The molecule has 1 atom stereocenters. The summed E-state index contributed by atoms with van der Waals surface area (Å²) in [5.74, 6) is -0.215. The van der Waals surface area contributed by atoms with E-state index >= 15 is 0 Å². The molecule has 0 bridgehead atoms. The van der Waals surface area contributed by atoms with E-state index in [0.717, 1.165) is 52.9 Å². The molecule has 1 aromatic heterocycles. The number of aromatic nitrogens is 1. The smallest absolute Gasteiger partial charge is 0.326 e. The molecule has 0 radical (unpaired) electrons. The van der Waals surface area contributed by atoms with Crippen molar-refractivity contribution in [3.05, 3.63) is 86.6 Å². The number of nitrogens with one attached hydrogen (secondary N) is 3. The zero-order valence-electron chi connectivity index (χ0n) is 21.6. The average Bonchev–Trinajstić information content (AvgIpc) is 2.94. The molecule has 9 nitrogen and oxygen atoms in total. The van der Waals surface area contributed by atoms with Gasteiger partial charge in [-0.05, 0) is 109 Å². The molecule has 0 aliphatic carbocycles. The van der Waals surface area contributed by atoms with Crippen LogP contribution in [0.15, 0.2) is 65.6 Å². The Hall–Kier alpha value is -3.03. The fourth-order valence-corrected chi connectivity index (χ4v) is 5.73. The van der Waals surface area contributed by atoms with E-state index in [1.54, 1.807) is 31.2 Å². The summed E-state index contributed by atoms with van der Waals surface area (Å²) in [5, 5.41) is 6.00. The van der Waals surface area contributed by atoms with Gasteiger partial charge in [-0.3, -0.25) is 9.59 Å². The first kappa shape index (κ1) is 29.0. The van der Waals surface area contributed by atoms with Gasteiger partial charge in [-0.1, -0.05) is 18.2 Å². The number of fused-ring (bicyclic) bond motifs is 1. The number of rotatable bonds is 11. The number of benzene rings is 2. The molecule has 3 aromatic rings. The van der Waals surface area contributed by atoms with E-state index < -0.39 is 27.9 Å². The molecule has 206 valence electrons. The van der Waals surface area contributed by atoms with Crippen molar-refractivity contribution < 1.29 is 22.7 Å². The van der Waals surface area contributed by atoms with Gasteiger partial charge in [-0.25, -0.2) is 13.4 Å². The third-order valence-corrected chi connectivity index (χ3v) is 8.50. The standard InChI is InChI=1S/C28H31IN4O5S/c1-2-38-28(35)25(33-39(36,37)24-15-11-22(29)12-16-24)18-31-27(34)21-8-5-19(6-9-21)7-13-23-14-10-20-4-3-17-30-26(20)32-23/h5-6,8-12,14-16,25,33H,2-4,7,13,17-18H2,1H3,(H,30,32)(H,31,34)/t25-/m0/s1. The Labute approximate surface area is 242 Å². The molecule has 0 unspecified atom stereocenters. The highest BCUT2D eigenvalue weighted by molar-refractivity contribution is 14.1. The molecule has 3 N–H and O–H groups in total. The molecule has 1 aliphatic rings. The molecule has 2 aromatic carbocycles. The molecule has 1 amide bonds. The van der Waals surface area contributed by atoms with Crippen molar-refractivity contribution in [2.75, 3.05) is 25.0 Å². The van der Waals surface area contributed by atoms with Crippen LogP contribution in [0.25, 0.3) is 0 Å². The molecule has 2 heterocycles. The topological polar surface area (TPSA) is 126 Å². The Kier molecular flexibility index (Phi) is 9.92. The summed E-state index contributed by atoms with van der Waals surface area (Å²) in [6.45, 7) is 2.39. The second-order valence-corrected chi connectivity index (χ2v) is 12.1. The van der Waals surface area contributed by atoms with E-state index in [2.05, 4.69) is 50.1 Å². The summed E-state index contributed by atoms with van der Waals surface area (Å²) in [4.78, 5) is 30.0. The number of hydrogen-bond donors (Lipinski definition) is 3. The summed E-state index contributed by atoms with van der Waals surface area (Å²) in [6, 6.07) is 16.3. The molecule has 0 saturated carbocycles.